The summed E-state index contributed by atoms with van der Waals surface area (Å²) in [5, 5.41) is 9.36. The summed E-state index contributed by atoms with van der Waals surface area (Å²) in [6.45, 7) is 1.40. The van der Waals surface area contributed by atoms with E-state index < -0.39 is 12.0 Å². The molecule has 3 nitrogen and oxygen atoms in total. The first-order valence-electron chi connectivity index (χ1n) is 5.72. The predicted molar refractivity (Wildman–Crippen MR) is 65.5 cm³/mol. The minimum atomic E-state index is -0.797. The van der Waals surface area contributed by atoms with Crippen LogP contribution >= 0.6 is 0 Å². The van der Waals surface area contributed by atoms with E-state index in [9.17, 15) is 9.90 Å². The minimum Gasteiger partial charge on any atom is -0.480 e. The Kier molecular flexibility index (Phi) is 3.46. The van der Waals surface area contributed by atoms with E-state index in [0.29, 0.717) is 13.0 Å². The number of benzene rings is 1. The minimum absolute atomic E-state index is 0.548. The Morgan fingerprint density at radius 2 is 2.29 bits per heavy atom. The fourth-order valence-corrected chi connectivity index (χ4v) is 2.36. The van der Waals surface area contributed by atoms with E-state index in [-0.39, 0.29) is 0 Å². The summed E-state index contributed by atoms with van der Waals surface area (Å²) in [5.41, 5.74) is 2.04. The van der Waals surface area contributed by atoms with Gasteiger partial charge in [-0.15, -0.1) is 12.3 Å². The standard InChI is InChI=1S/C14H15NO2/c1-2-3-9-15-10-8-11-6-4-5-7-12(11)13(15)14(16)17/h1,4-7,13H,3,8-10H2,(H,16,17). The maximum absolute atomic E-state index is 11.4. The molecule has 0 saturated carbocycles. The molecule has 1 aliphatic rings. The number of nitrogens with zero attached hydrogens (tertiary/aromatic N) is 1. The molecule has 88 valence electrons. The van der Waals surface area contributed by atoms with Gasteiger partial charge >= 0.3 is 5.97 Å². The summed E-state index contributed by atoms with van der Waals surface area (Å²) in [5.74, 6) is 1.77. The number of terminal acetylenes is 1. The zero-order chi connectivity index (χ0) is 12.3. The van der Waals surface area contributed by atoms with Crippen LogP contribution in [0.4, 0.5) is 0 Å². The van der Waals surface area contributed by atoms with Crippen LogP contribution in [0.5, 0.6) is 0 Å². The second kappa shape index (κ2) is 5.03. The highest BCUT2D eigenvalue weighted by molar-refractivity contribution is 5.76. The molecule has 1 atom stereocenters. The molecule has 0 amide bonds. The molecule has 0 radical (unpaired) electrons. The Hall–Kier alpha value is -1.79. The van der Waals surface area contributed by atoms with Gasteiger partial charge in [-0.2, -0.15) is 0 Å². The topological polar surface area (TPSA) is 40.5 Å². The highest BCUT2D eigenvalue weighted by atomic mass is 16.4. The van der Waals surface area contributed by atoms with E-state index in [0.717, 1.165) is 24.1 Å². The van der Waals surface area contributed by atoms with Crippen molar-refractivity contribution in [3.05, 3.63) is 35.4 Å². The van der Waals surface area contributed by atoms with Crippen LogP contribution in [0.15, 0.2) is 24.3 Å². The van der Waals surface area contributed by atoms with Crippen molar-refractivity contribution in [2.45, 2.75) is 18.9 Å². The van der Waals surface area contributed by atoms with Crippen LogP contribution in [0.25, 0.3) is 0 Å². The van der Waals surface area contributed by atoms with Crippen molar-refractivity contribution in [3.8, 4) is 12.3 Å². The second-order valence-electron chi connectivity index (χ2n) is 4.18. The fraction of sp³-hybridized carbons (Fsp3) is 0.357. The van der Waals surface area contributed by atoms with Crippen molar-refractivity contribution in [1.29, 1.82) is 0 Å². The SMILES string of the molecule is C#CCCN1CCc2ccccc2C1C(=O)O. The molecular weight excluding hydrogens is 214 g/mol. The maximum Gasteiger partial charge on any atom is 0.325 e. The van der Waals surface area contributed by atoms with Crippen molar-refractivity contribution < 1.29 is 9.90 Å². The molecule has 1 heterocycles. The molecule has 0 aliphatic carbocycles. The molecule has 0 spiro atoms. The average Bonchev–Trinajstić information content (AvgIpc) is 2.35. The van der Waals surface area contributed by atoms with Crippen LogP contribution in [0.1, 0.15) is 23.6 Å². The van der Waals surface area contributed by atoms with Gasteiger partial charge in [0.2, 0.25) is 0 Å². The van der Waals surface area contributed by atoms with Crippen LogP contribution in [-0.2, 0) is 11.2 Å². The monoisotopic (exact) mass is 229 g/mol. The third kappa shape index (κ3) is 2.32. The molecule has 1 unspecified atom stereocenters. The van der Waals surface area contributed by atoms with E-state index in [1.165, 1.54) is 0 Å². The summed E-state index contributed by atoms with van der Waals surface area (Å²) >= 11 is 0. The Morgan fingerprint density at radius 1 is 1.53 bits per heavy atom. The van der Waals surface area contributed by atoms with Gasteiger partial charge in [0, 0.05) is 19.5 Å². The molecule has 2 rings (SSSR count). The second-order valence-corrected chi connectivity index (χ2v) is 4.18. The summed E-state index contributed by atoms with van der Waals surface area (Å²) in [6, 6.07) is 7.20. The molecule has 0 bridgehead atoms. The first-order chi connectivity index (χ1) is 8.24. The smallest absolute Gasteiger partial charge is 0.325 e. The summed E-state index contributed by atoms with van der Waals surface area (Å²) in [4.78, 5) is 13.3. The zero-order valence-corrected chi connectivity index (χ0v) is 9.60. The van der Waals surface area contributed by atoms with Crippen molar-refractivity contribution in [2.75, 3.05) is 13.1 Å². The highest BCUT2D eigenvalue weighted by Gasteiger charge is 2.31. The van der Waals surface area contributed by atoms with Crippen LogP contribution in [0.2, 0.25) is 0 Å². The quantitative estimate of drug-likeness (QED) is 0.802. The van der Waals surface area contributed by atoms with Crippen molar-refractivity contribution in [3.63, 3.8) is 0 Å². The van der Waals surface area contributed by atoms with Crippen LogP contribution < -0.4 is 0 Å². The number of rotatable bonds is 3. The zero-order valence-electron chi connectivity index (χ0n) is 9.60. The van der Waals surface area contributed by atoms with Gasteiger partial charge in [0.1, 0.15) is 6.04 Å². The number of aliphatic carboxylic acids is 1. The molecule has 0 fully saturated rings. The Labute approximate surface area is 101 Å². The maximum atomic E-state index is 11.4. The van der Waals surface area contributed by atoms with Crippen molar-refractivity contribution in [1.82, 2.24) is 4.90 Å². The van der Waals surface area contributed by atoms with E-state index >= 15 is 0 Å². The van der Waals surface area contributed by atoms with Gasteiger partial charge in [-0.05, 0) is 17.5 Å². The van der Waals surface area contributed by atoms with E-state index in [1.54, 1.807) is 0 Å². The first-order valence-corrected chi connectivity index (χ1v) is 5.72. The molecule has 0 saturated heterocycles. The third-order valence-corrected chi connectivity index (χ3v) is 3.16. The number of carboxylic acid groups (broad SMARTS) is 1. The van der Waals surface area contributed by atoms with Crippen LogP contribution in [0.3, 0.4) is 0 Å². The Morgan fingerprint density at radius 3 is 3.00 bits per heavy atom. The Balaban J connectivity index is 2.30. The number of carboxylic acids is 1. The Bertz CT molecular complexity index is 462. The molecule has 3 heteroatoms. The highest BCUT2D eigenvalue weighted by Crippen LogP contribution is 2.29. The normalized spacial score (nSPS) is 19.4. The molecule has 17 heavy (non-hydrogen) atoms. The fourth-order valence-electron chi connectivity index (χ4n) is 2.36. The first kappa shape index (κ1) is 11.7. The van der Waals surface area contributed by atoms with Crippen LogP contribution in [-0.4, -0.2) is 29.1 Å². The average molecular weight is 229 g/mol. The van der Waals surface area contributed by atoms with E-state index in [1.807, 2.05) is 29.2 Å². The van der Waals surface area contributed by atoms with Gasteiger partial charge in [0.25, 0.3) is 0 Å². The van der Waals surface area contributed by atoms with Crippen molar-refractivity contribution >= 4 is 5.97 Å². The van der Waals surface area contributed by atoms with Gasteiger partial charge < -0.3 is 5.11 Å². The number of carbonyl (C=O) groups is 1. The number of hydrogen-bond acceptors (Lipinski definition) is 2. The van der Waals surface area contributed by atoms with Crippen molar-refractivity contribution in [2.24, 2.45) is 0 Å². The molecule has 1 N–H and O–H groups in total. The van der Waals surface area contributed by atoms with Gasteiger partial charge in [-0.3, -0.25) is 9.69 Å². The van der Waals surface area contributed by atoms with Gasteiger partial charge in [0.05, 0.1) is 0 Å². The van der Waals surface area contributed by atoms with Gasteiger partial charge in [0.15, 0.2) is 0 Å². The third-order valence-electron chi connectivity index (χ3n) is 3.16. The predicted octanol–water partition coefficient (Wildman–Crippen LogP) is 1.69. The lowest BCUT2D eigenvalue weighted by Crippen LogP contribution is -2.40. The van der Waals surface area contributed by atoms with Gasteiger partial charge in [-0.25, -0.2) is 0 Å². The number of hydrogen-bond donors (Lipinski definition) is 1. The van der Waals surface area contributed by atoms with Gasteiger partial charge in [-0.1, -0.05) is 24.3 Å². The number of fused-ring (bicyclic) bond motifs is 1. The largest absolute Gasteiger partial charge is 0.480 e. The van der Waals surface area contributed by atoms with Crippen LogP contribution in [0, 0.1) is 12.3 Å². The lowest BCUT2D eigenvalue weighted by Gasteiger charge is -2.34. The molecule has 1 aliphatic heterocycles. The lowest BCUT2D eigenvalue weighted by atomic mass is 9.92. The lowest BCUT2D eigenvalue weighted by molar-refractivity contribution is -0.144. The molecular formula is C14H15NO2. The summed E-state index contributed by atoms with van der Waals surface area (Å²) in [7, 11) is 0. The molecule has 0 aromatic heterocycles. The summed E-state index contributed by atoms with van der Waals surface area (Å²) < 4.78 is 0. The molecule has 1 aromatic carbocycles. The summed E-state index contributed by atoms with van der Waals surface area (Å²) in [6.07, 6.45) is 6.72. The van der Waals surface area contributed by atoms with E-state index in [4.69, 9.17) is 6.42 Å². The van der Waals surface area contributed by atoms with E-state index in [2.05, 4.69) is 5.92 Å². The molecule has 1 aromatic rings.